The first kappa shape index (κ1) is 18.0. The Balaban J connectivity index is 1.64. The number of benzene rings is 2. The van der Waals surface area contributed by atoms with Gasteiger partial charge in [0.25, 0.3) is 11.5 Å². The molecule has 2 heterocycles. The molecule has 0 spiro atoms. The van der Waals surface area contributed by atoms with Crippen LogP contribution in [-0.2, 0) is 17.9 Å². The van der Waals surface area contributed by atoms with Crippen LogP contribution in [0.5, 0.6) is 0 Å². The van der Waals surface area contributed by atoms with E-state index in [4.69, 9.17) is 0 Å². The zero-order valence-electron chi connectivity index (χ0n) is 14.7. The lowest BCUT2D eigenvalue weighted by molar-refractivity contribution is -0.118. The van der Waals surface area contributed by atoms with Crippen LogP contribution in [0.25, 0.3) is 11.0 Å². The van der Waals surface area contributed by atoms with Crippen LogP contribution in [0, 0.1) is 5.82 Å². The third-order valence-electron chi connectivity index (χ3n) is 4.22. The van der Waals surface area contributed by atoms with Crippen LogP contribution in [0.2, 0.25) is 0 Å². The molecule has 8 heteroatoms. The first-order chi connectivity index (χ1) is 13.6. The monoisotopic (exact) mass is 394 g/mol. The highest BCUT2D eigenvalue weighted by atomic mass is 32.1. The van der Waals surface area contributed by atoms with Crippen LogP contribution in [0.15, 0.2) is 76.1 Å². The fourth-order valence-electron chi connectivity index (χ4n) is 2.87. The van der Waals surface area contributed by atoms with E-state index < -0.39 is 5.91 Å². The number of halogens is 1. The maximum atomic E-state index is 13.9. The number of hydrogen-bond acceptors (Lipinski definition) is 4. The van der Waals surface area contributed by atoms with Crippen LogP contribution in [0.4, 0.5) is 4.39 Å². The molecule has 140 valence electrons. The van der Waals surface area contributed by atoms with Crippen LogP contribution >= 0.6 is 11.3 Å². The molecule has 4 aromatic rings. The van der Waals surface area contributed by atoms with Gasteiger partial charge in [-0.2, -0.15) is 4.99 Å². The predicted molar refractivity (Wildman–Crippen MR) is 104 cm³/mol. The molecule has 6 nitrogen and oxygen atoms in total. The Bertz CT molecular complexity index is 1290. The molecule has 0 saturated heterocycles. The number of carbonyl (C=O) groups excluding carboxylic acids is 1. The standard InChI is InChI=1S/C20H15FN4O2S/c21-15-6-2-1-5-14(15)12-24-9-10-28-20(24)23-18(26)13-25-17-8-4-3-7-16(17)22-11-19(25)27/h1-11H,12-13H2. The van der Waals surface area contributed by atoms with Crippen LogP contribution in [0.3, 0.4) is 0 Å². The zero-order chi connectivity index (χ0) is 19.5. The fourth-order valence-corrected chi connectivity index (χ4v) is 3.62. The average Bonchev–Trinajstić information content (AvgIpc) is 3.12. The van der Waals surface area contributed by atoms with E-state index in [1.165, 1.54) is 28.2 Å². The predicted octanol–water partition coefficient (Wildman–Crippen LogP) is 2.57. The van der Waals surface area contributed by atoms with Gasteiger partial charge in [0.15, 0.2) is 4.80 Å². The van der Waals surface area contributed by atoms with E-state index >= 15 is 0 Å². The molecule has 0 N–H and O–H groups in total. The van der Waals surface area contributed by atoms with Gasteiger partial charge in [0, 0.05) is 17.1 Å². The van der Waals surface area contributed by atoms with Crippen molar-refractivity contribution in [1.29, 1.82) is 0 Å². The summed E-state index contributed by atoms with van der Waals surface area (Å²) >= 11 is 1.27. The number of amides is 1. The molecular formula is C20H15FN4O2S. The molecule has 4 rings (SSSR count). The van der Waals surface area contributed by atoms with E-state index in [0.717, 1.165) is 0 Å². The number of aromatic nitrogens is 3. The Hall–Kier alpha value is -3.39. The molecule has 0 unspecified atom stereocenters. The summed E-state index contributed by atoms with van der Waals surface area (Å²) in [5.41, 5.74) is 1.34. The number of hydrogen-bond donors (Lipinski definition) is 0. The molecule has 2 aromatic carbocycles. The van der Waals surface area contributed by atoms with Crippen LogP contribution < -0.4 is 10.4 Å². The summed E-state index contributed by atoms with van der Waals surface area (Å²) in [6.07, 6.45) is 2.94. The Kier molecular flexibility index (Phi) is 4.94. The number of para-hydroxylation sites is 2. The molecule has 0 aliphatic heterocycles. The van der Waals surface area contributed by atoms with Crippen molar-refractivity contribution in [3.63, 3.8) is 0 Å². The molecule has 0 aliphatic carbocycles. The Morgan fingerprint density at radius 1 is 1.14 bits per heavy atom. The second kappa shape index (κ2) is 7.69. The second-order valence-electron chi connectivity index (χ2n) is 6.08. The summed E-state index contributed by atoms with van der Waals surface area (Å²) in [6.45, 7) is 0.0693. The summed E-state index contributed by atoms with van der Waals surface area (Å²) in [5.74, 6) is -0.781. The lowest BCUT2D eigenvalue weighted by Gasteiger charge is -2.07. The maximum absolute atomic E-state index is 13.9. The van der Waals surface area contributed by atoms with Crippen molar-refractivity contribution in [3.8, 4) is 0 Å². The molecule has 2 aromatic heterocycles. The van der Waals surface area contributed by atoms with E-state index in [9.17, 15) is 14.0 Å². The van der Waals surface area contributed by atoms with Gasteiger partial charge in [0.05, 0.1) is 23.8 Å². The smallest absolute Gasteiger partial charge is 0.269 e. The summed E-state index contributed by atoms with van der Waals surface area (Å²) in [6, 6.07) is 13.6. The van der Waals surface area contributed by atoms with Gasteiger partial charge in [0.1, 0.15) is 12.4 Å². The van der Waals surface area contributed by atoms with Crippen molar-refractivity contribution in [2.45, 2.75) is 13.1 Å². The zero-order valence-corrected chi connectivity index (χ0v) is 15.5. The van der Waals surface area contributed by atoms with Gasteiger partial charge >= 0.3 is 0 Å². The Labute approximate surface area is 162 Å². The van der Waals surface area contributed by atoms with Gasteiger partial charge < -0.3 is 4.57 Å². The van der Waals surface area contributed by atoms with Gasteiger partial charge in [-0.05, 0) is 18.2 Å². The third-order valence-corrected chi connectivity index (χ3v) is 5.02. The molecule has 0 aliphatic rings. The van der Waals surface area contributed by atoms with Crippen molar-refractivity contribution in [2.24, 2.45) is 4.99 Å². The SMILES string of the molecule is O=C(Cn1c(=O)cnc2ccccc21)N=c1sccn1Cc1ccccc1F. The lowest BCUT2D eigenvalue weighted by Crippen LogP contribution is -2.25. The lowest BCUT2D eigenvalue weighted by atomic mass is 10.2. The summed E-state index contributed by atoms with van der Waals surface area (Å²) < 4.78 is 17.0. The van der Waals surface area contributed by atoms with E-state index in [2.05, 4.69) is 9.98 Å². The summed E-state index contributed by atoms with van der Waals surface area (Å²) in [5, 5.41) is 1.78. The Morgan fingerprint density at radius 3 is 2.79 bits per heavy atom. The van der Waals surface area contributed by atoms with E-state index in [1.54, 1.807) is 52.5 Å². The van der Waals surface area contributed by atoms with Gasteiger partial charge in [-0.25, -0.2) is 9.37 Å². The second-order valence-corrected chi connectivity index (χ2v) is 6.95. The van der Waals surface area contributed by atoms with Crippen molar-refractivity contribution < 1.29 is 9.18 Å². The fraction of sp³-hybridized carbons (Fsp3) is 0.100. The van der Waals surface area contributed by atoms with Crippen LogP contribution in [-0.4, -0.2) is 20.0 Å². The van der Waals surface area contributed by atoms with Gasteiger partial charge in [-0.3, -0.25) is 14.2 Å². The molecule has 0 radical (unpaired) electrons. The molecule has 28 heavy (non-hydrogen) atoms. The number of thiazole rings is 1. The average molecular weight is 394 g/mol. The molecule has 0 bridgehead atoms. The highest BCUT2D eigenvalue weighted by molar-refractivity contribution is 7.07. The normalized spacial score (nSPS) is 11.8. The van der Waals surface area contributed by atoms with Crippen LogP contribution in [0.1, 0.15) is 5.56 Å². The molecule has 1 amide bonds. The van der Waals surface area contributed by atoms with Gasteiger partial charge in [-0.1, -0.05) is 30.3 Å². The first-order valence-corrected chi connectivity index (χ1v) is 9.39. The minimum atomic E-state index is -0.469. The highest BCUT2D eigenvalue weighted by Crippen LogP contribution is 2.09. The topological polar surface area (TPSA) is 69.2 Å². The van der Waals surface area contributed by atoms with Crippen molar-refractivity contribution >= 4 is 28.3 Å². The molecule has 0 saturated carbocycles. The highest BCUT2D eigenvalue weighted by Gasteiger charge is 2.09. The van der Waals surface area contributed by atoms with Crippen molar-refractivity contribution in [1.82, 2.24) is 14.1 Å². The first-order valence-electron chi connectivity index (χ1n) is 8.51. The summed E-state index contributed by atoms with van der Waals surface area (Å²) in [7, 11) is 0. The number of carbonyl (C=O) groups is 1. The Morgan fingerprint density at radius 2 is 1.93 bits per heavy atom. The largest absolute Gasteiger partial charge is 0.319 e. The number of fused-ring (bicyclic) bond motifs is 1. The van der Waals surface area contributed by atoms with Crippen molar-refractivity contribution in [2.75, 3.05) is 0 Å². The minimum Gasteiger partial charge on any atom is -0.319 e. The number of rotatable bonds is 4. The van der Waals surface area contributed by atoms with Gasteiger partial charge in [0.2, 0.25) is 0 Å². The minimum absolute atomic E-state index is 0.195. The third kappa shape index (κ3) is 3.67. The quantitative estimate of drug-likeness (QED) is 0.534. The molecular weight excluding hydrogens is 379 g/mol. The van der Waals surface area contributed by atoms with E-state index in [-0.39, 0.29) is 24.5 Å². The van der Waals surface area contributed by atoms with Crippen molar-refractivity contribution in [3.05, 3.63) is 92.8 Å². The molecule has 0 fully saturated rings. The number of nitrogens with zero attached hydrogens (tertiary/aromatic N) is 4. The summed E-state index contributed by atoms with van der Waals surface area (Å²) in [4.78, 5) is 33.4. The maximum Gasteiger partial charge on any atom is 0.269 e. The van der Waals surface area contributed by atoms with E-state index in [1.807, 2.05) is 6.07 Å². The van der Waals surface area contributed by atoms with E-state index in [0.29, 0.717) is 21.4 Å². The van der Waals surface area contributed by atoms with Gasteiger partial charge in [-0.15, -0.1) is 11.3 Å². The molecule has 0 atom stereocenters.